The molecule has 2 heterocycles. The quantitative estimate of drug-likeness (QED) is 0.409. The summed E-state index contributed by atoms with van der Waals surface area (Å²) in [5.41, 5.74) is 3.31. The maximum atomic E-state index is 6.22. The van der Waals surface area contributed by atoms with Gasteiger partial charge in [-0.25, -0.2) is 0 Å². The van der Waals surface area contributed by atoms with E-state index >= 15 is 0 Å². The maximum absolute atomic E-state index is 6.22. The van der Waals surface area contributed by atoms with E-state index in [0.717, 1.165) is 39.4 Å². The molecule has 104 valence electrons. The molecule has 0 saturated carbocycles. The van der Waals surface area contributed by atoms with Crippen LogP contribution in [0.3, 0.4) is 0 Å². The Labute approximate surface area is 133 Å². The van der Waals surface area contributed by atoms with E-state index in [1.54, 1.807) is 0 Å². The van der Waals surface area contributed by atoms with Crippen molar-refractivity contribution in [2.45, 2.75) is 0 Å². The first-order valence-electron chi connectivity index (χ1n) is 7.18. The average molecular weight is 305 g/mol. The Bertz CT molecular complexity index is 908. The number of rotatable bonds is 0. The summed E-state index contributed by atoms with van der Waals surface area (Å²) in [7, 11) is 0. The normalized spacial score (nSPS) is 13.4. The summed E-state index contributed by atoms with van der Waals surface area (Å²) in [6, 6.07) is 19.9. The lowest BCUT2D eigenvalue weighted by atomic mass is 9.35. The van der Waals surface area contributed by atoms with Gasteiger partial charge in [-0.05, 0) is 47.3 Å². The standard InChI is InChI=1S/C18H10BClO2/c20-11-8-9-15-13(10-11)19-12-4-1-2-5-14(12)21-16-6-3-7-17(22-15)18(16)19/h1-10H. The van der Waals surface area contributed by atoms with Gasteiger partial charge < -0.3 is 9.47 Å². The third-order valence-corrected chi connectivity index (χ3v) is 4.50. The molecule has 2 aliphatic rings. The zero-order valence-corrected chi connectivity index (χ0v) is 12.3. The Morgan fingerprint density at radius 2 is 1.36 bits per heavy atom. The molecule has 0 aliphatic carbocycles. The molecule has 0 saturated heterocycles. The van der Waals surface area contributed by atoms with Crippen LogP contribution in [0.1, 0.15) is 0 Å². The Hall–Kier alpha value is -2.39. The highest BCUT2D eigenvalue weighted by atomic mass is 35.5. The van der Waals surface area contributed by atoms with Crippen LogP contribution in [0, 0.1) is 0 Å². The second-order valence-corrected chi connectivity index (χ2v) is 5.96. The Morgan fingerprint density at radius 1 is 0.682 bits per heavy atom. The van der Waals surface area contributed by atoms with E-state index in [2.05, 4.69) is 6.07 Å². The van der Waals surface area contributed by atoms with Crippen LogP contribution in [-0.2, 0) is 0 Å². The van der Waals surface area contributed by atoms with E-state index in [4.69, 9.17) is 21.1 Å². The molecule has 4 heteroatoms. The fourth-order valence-corrected chi connectivity index (χ4v) is 3.53. The Balaban J connectivity index is 1.87. The fraction of sp³-hybridized carbons (Fsp3) is 0. The number of fused-ring (bicyclic) bond motifs is 4. The summed E-state index contributed by atoms with van der Waals surface area (Å²) in [4.78, 5) is 0. The minimum atomic E-state index is 0.0959. The second-order valence-electron chi connectivity index (χ2n) is 5.53. The van der Waals surface area contributed by atoms with Gasteiger partial charge in [0.1, 0.15) is 23.0 Å². The number of hydrogen-bond acceptors (Lipinski definition) is 2. The topological polar surface area (TPSA) is 18.5 Å². The predicted octanol–water partition coefficient (Wildman–Crippen LogP) is 3.07. The van der Waals surface area contributed by atoms with E-state index in [-0.39, 0.29) is 6.71 Å². The van der Waals surface area contributed by atoms with Crippen LogP contribution in [0.2, 0.25) is 5.02 Å². The zero-order valence-electron chi connectivity index (χ0n) is 11.5. The minimum Gasteiger partial charge on any atom is -0.458 e. The van der Waals surface area contributed by atoms with Gasteiger partial charge in [0.15, 0.2) is 0 Å². The molecule has 0 amide bonds. The number of halogens is 1. The van der Waals surface area contributed by atoms with E-state index in [1.165, 1.54) is 0 Å². The monoisotopic (exact) mass is 304 g/mol. The van der Waals surface area contributed by atoms with Crippen molar-refractivity contribution in [3.8, 4) is 23.0 Å². The zero-order chi connectivity index (χ0) is 14.7. The summed E-state index contributed by atoms with van der Waals surface area (Å²) in [5, 5.41) is 0.715. The molecule has 5 rings (SSSR count). The van der Waals surface area contributed by atoms with E-state index in [1.807, 2.05) is 54.6 Å². The van der Waals surface area contributed by atoms with Gasteiger partial charge in [0.25, 0.3) is 6.71 Å². The van der Waals surface area contributed by atoms with Crippen LogP contribution in [0.15, 0.2) is 60.7 Å². The van der Waals surface area contributed by atoms with Crippen LogP contribution in [0.4, 0.5) is 0 Å². The fourth-order valence-electron chi connectivity index (χ4n) is 3.35. The van der Waals surface area contributed by atoms with Crippen LogP contribution < -0.4 is 25.9 Å². The maximum Gasteiger partial charge on any atom is 0.260 e. The van der Waals surface area contributed by atoms with Gasteiger partial charge in [0.2, 0.25) is 0 Å². The summed E-state index contributed by atoms with van der Waals surface area (Å²) in [6.07, 6.45) is 0. The largest absolute Gasteiger partial charge is 0.458 e. The van der Waals surface area contributed by atoms with Crippen molar-refractivity contribution in [3.63, 3.8) is 0 Å². The highest BCUT2D eigenvalue weighted by molar-refractivity contribution is 6.98. The lowest BCUT2D eigenvalue weighted by Gasteiger charge is -2.32. The van der Waals surface area contributed by atoms with Gasteiger partial charge in [-0.3, -0.25) is 0 Å². The third-order valence-electron chi connectivity index (χ3n) is 4.27. The van der Waals surface area contributed by atoms with Crippen LogP contribution >= 0.6 is 11.6 Å². The second kappa shape index (κ2) is 4.31. The summed E-state index contributed by atoms with van der Waals surface area (Å²) in [5.74, 6) is 3.46. The molecule has 22 heavy (non-hydrogen) atoms. The molecule has 0 aromatic heterocycles. The number of benzene rings is 3. The summed E-state index contributed by atoms with van der Waals surface area (Å²) >= 11 is 6.22. The van der Waals surface area contributed by atoms with Crippen molar-refractivity contribution < 1.29 is 9.47 Å². The van der Waals surface area contributed by atoms with Crippen LogP contribution in [-0.4, -0.2) is 6.71 Å². The molecular formula is C18H10BClO2. The first-order valence-corrected chi connectivity index (χ1v) is 7.56. The van der Waals surface area contributed by atoms with E-state index in [9.17, 15) is 0 Å². The van der Waals surface area contributed by atoms with Gasteiger partial charge >= 0.3 is 0 Å². The van der Waals surface area contributed by atoms with Crippen molar-refractivity contribution in [2.75, 3.05) is 0 Å². The molecule has 0 radical (unpaired) electrons. The molecule has 0 N–H and O–H groups in total. The van der Waals surface area contributed by atoms with E-state index < -0.39 is 0 Å². The molecule has 3 aromatic carbocycles. The SMILES string of the molecule is Clc1ccc2c(c1)B1c3ccccc3Oc3cccc(c31)O2. The molecule has 0 spiro atoms. The van der Waals surface area contributed by atoms with Gasteiger partial charge in [0, 0.05) is 10.5 Å². The Kier molecular flexibility index (Phi) is 2.39. The lowest BCUT2D eigenvalue weighted by Crippen LogP contribution is -2.57. The number of ether oxygens (including phenoxy) is 2. The molecule has 0 unspecified atom stereocenters. The summed E-state index contributed by atoms with van der Waals surface area (Å²) in [6.45, 7) is 0.0959. The minimum absolute atomic E-state index is 0.0959. The van der Waals surface area contributed by atoms with Crippen molar-refractivity contribution >= 4 is 34.7 Å². The number of para-hydroxylation sites is 1. The van der Waals surface area contributed by atoms with Gasteiger partial charge in [-0.1, -0.05) is 35.9 Å². The van der Waals surface area contributed by atoms with Gasteiger partial charge in [-0.2, -0.15) is 0 Å². The first-order chi connectivity index (χ1) is 10.8. The lowest BCUT2D eigenvalue weighted by molar-refractivity contribution is 0.464. The molecule has 2 nitrogen and oxygen atoms in total. The van der Waals surface area contributed by atoms with Crippen LogP contribution in [0.25, 0.3) is 0 Å². The molecule has 3 aromatic rings. The van der Waals surface area contributed by atoms with E-state index in [0.29, 0.717) is 5.02 Å². The van der Waals surface area contributed by atoms with Gasteiger partial charge in [-0.15, -0.1) is 0 Å². The average Bonchev–Trinajstić information content (AvgIpc) is 2.55. The third kappa shape index (κ3) is 1.57. The number of hydrogen-bond donors (Lipinski definition) is 0. The summed E-state index contributed by atoms with van der Waals surface area (Å²) < 4.78 is 12.1. The highest BCUT2D eigenvalue weighted by Crippen LogP contribution is 2.34. The molecule has 2 aliphatic heterocycles. The highest BCUT2D eigenvalue weighted by Gasteiger charge is 2.39. The molecule has 0 atom stereocenters. The van der Waals surface area contributed by atoms with Gasteiger partial charge in [0.05, 0.1) is 0 Å². The first kappa shape index (κ1) is 12.2. The molecule has 0 fully saturated rings. The van der Waals surface area contributed by atoms with Crippen molar-refractivity contribution in [2.24, 2.45) is 0 Å². The molecular weight excluding hydrogens is 294 g/mol. The van der Waals surface area contributed by atoms with Crippen molar-refractivity contribution in [3.05, 3.63) is 65.7 Å². The predicted molar refractivity (Wildman–Crippen MR) is 89.1 cm³/mol. The Morgan fingerprint density at radius 3 is 2.18 bits per heavy atom. The van der Waals surface area contributed by atoms with Crippen molar-refractivity contribution in [1.29, 1.82) is 0 Å². The van der Waals surface area contributed by atoms with Crippen molar-refractivity contribution in [1.82, 2.24) is 0 Å². The molecule has 0 bridgehead atoms. The van der Waals surface area contributed by atoms with Crippen LogP contribution in [0.5, 0.6) is 23.0 Å². The smallest absolute Gasteiger partial charge is 0.260 e.